The van der Waals surface area contributed by atoms with Crippen LogP contribution in [0.15, 0.2) is 54.6 Å². The number of methoxy groups -OCH3 is 1. The van der Waals surface area contributed by atoms with Crippen LogP contribution < -0.4 is 9.47 Å². The lowest BCUT2D eigenvalue weighted by Crippen LogP contribution is -2.50. The van der Waals surface area contributed by atoms with E-state index in [1.807, 2.05) is 30.3 Å². The third-order valence-corrected chi connectivity index (χ3v) is 4.24. The van der Waals surface area contributed by atoms with Gasteiger partial charge in [0, 0.05) is 12.1 Å². The molecule has 0 spiro atoms. The molecule has 1 aliphatic heterocycles. The van der Waals surface area contributed by atoms with Gasteiger partial charge in [-0.15, -0.1) is 0 Å². The Kier molecular flexibility index (Phi) is 5.75. The molecule has 2 aromatic carbocycles. The molecular weight excluding hydrogens is 334 g/mol. The van der Waals surface area contributed by atoms with Gasteiger partial charge in [0.05, 0.1) is 26.9 Å². The normalized spacial score (nSPS) is 20.3. The molecule has 1 heterocycles. The van der Waals surface area contributed by atoms with Gasteiger partial charge in [0.2, 0.25) is 0 Å². The monoisotopic (exact) mass is 357 g/mol. The molecule has 0 saturated carbocycles. The van der Waals surface area contributed by atoms with E-state index in [0.717, 1.165) is 0 Å². The second-order valence-corrected chi connectivity index (χ2v) is 6.33. The average Bonchev–Trinajstić information content (AvgIpc) is 2.89. The van der Waals surface area contributed by atoms with Crippen molar-refractivity contribution in [2.24, 2.45) is 0 Å². The van der Waals surface area contributed by atoms with Gasteiger partial charge in [-0.3, -0.25) is 4.79 Å². The molecule has 1 amide bonds. The Bertz CT molecular complexity index is 719. The first-order valence-corrected chi connectivity index (χ1v) is 8.51. The van der Waals surface area contributed by atoms with Crippen LogP contribution in [-0.2, 0) is 4.74 Å². The van der Waals surface area contributed by atoms with E-state index in [1.165, 1.54) is 0 Å². The summed E-state index contributed by atoms with van der Waals surface area (Å²) >= 11 is 0. The minimum absolute atomic E-state index is 0.0450. The van der Waals surface area contributed by atoms with E-state index in [2.05, 4.69) is 0 Å². The summed E-state index contributed by atoms with van der Waals surface area (Å²) in [5.74, 6) is 1.20. The van der Waals surface area contributed by atoms with Crippen LogP contribution in [0.2, 0.25) is 0 Å². The smallest absolute Gasteiger partial charge is 0.254 e. The number of rotatable bonds is 5. The van der Waals surface area contributed by atoms with Gasteiger partial charge in [0.15, 0.2) is 0 Å². The molecule has 6 nitrogen and oxygen atoms in total. The van der Waals surface area contributed by atoms with Gasteiger partial charge in [-0.1, -0.05) is 18.2 Å². The summed E-state index contributed by atoms with van der Waals surface area (Å²) < 4.78 is 16.3. The summed E-state index contributed by atoms with van der Waals surface area (Å²) in [6.07, 6.45) is 0. The summed E-state index contributed by atoms with van der Waals surface area (Å²) in [7, 11) is 1.58. The van der Waals surface area contributed by atoms with Gasteiger partial charge in [-0.05, 0) is 36.4 Å². The number of amides is 1. The number of carbonyl (C=O) groups excluding carboxylic acids is 1. The van der Waals surface area contributed by atoms with Crippen LogP contribution in [0.4, 0.5) is 0 Å². The second kappa shape index (κ2) is 8.21. The van der Waals surface area contributed by atoms with Crippen LogP contribution in [0, 0.1) is 0 Å². The van der Waals surface area contributed by atoms with Crippen molar-refractivity contribution >= 4 is 5.91 Å². The van der Waals surface area contributed by atoms with Crippen molar-refractivity contribution in [3.05, 3.63) is 60.2 Å². The zero-order valence-electron chi connectivity index (χ0n) is 14.8. The predicted molar refractivity (Wildman–Crippen MR) is 96.6 cm³/mol. The van der Waals surface area contributed by atoms with E-state index in [4.69, 9.17) is 14.2 Å². The van der Waals surface area contributed by atoms with E-state index in [9.17, 15) is 9.90 Å². The van der Waals surface area contributed by atoms with E-state index < -0.39 is 5.60 Å². The molecule has 2 aromatic rings. The maximum Gasteiger partial charge on any atom is 0.254 e. The molecule has 1 atom stereocenters. The third-order valence-electron chi connectivity index (χ3n) is 4.24. The molecule has 0 aliphatic carbocycles. The Morgan fingerprint density at radius 3 is 2.58 bits per heavy atom. The molecule has 6 heteroatoms. The highest BCUT2D eigenvalue weighted by Gasteiger charge is 2.35. The molecule has 26 heavy (non-hydrogen) atoms. The first-order chi connectivity index (χ1) is 12.6. The SMILES string of the molecule is COc1ccc(C(=O)N2CCOCC(O)(COc3ccccc3)C2)cc1. The largest absolute Gasteiger partial charge is 0.497 e. The van der Waals surface area contributed by atoms with Crippen LogP contribution >= 0.6 is 0 Å². The van der Waals surface area contributed by atoms with Crippen molar-refractivity contribution in [3.8, 4) is 11.5 Å². The molecule has 0 bridgehead atoms. The topological polar surface area (TPSA) is 68.2 Å². The second-order valence-electron chi connectivity index (χ2n) is 6.33. The highest BCUT2D eigenvalue weighted by Crippen LogP contribution is 2.19. The summed E-state index contributed by atoms with van der Waals surface area (Å²) in [6, 6.07) is 16.2. The number of hydrogen-bond donors (Lipinski definition) is 1. The molecule has 1 N–H and O–H groups in total. The van der Waals surface area contributed by atoms with Gasteiger partial charge in [-0.2, -0.15) is 0 Å². The fourth-order valence-electron chi connectivity index (χ4n) is 2.83. The Morgan fingerprint density at radius 1 is 1.15 bits per heavy atom. The van der Waals surface area contributed by atoms with Crippen LogP contribution in [0.5, 0.6) is 11.5 Å². The van der Waals surface area contributed by atoms with Crippen LogP contribution in [0.3, 0.4) is 0 Å². The molecule has 0 radical (unpaired) electrons. The number of β-amino-alcohol motifs (C(OH)–C–C–N with tert-alkyl or cyclic N) is 1. The van der Waals surface area contributed by atoms with E-state index in [1.54, 1.807) is 36.3 Å². The van der Waals surface area contributed by atoms with E-state index in [-0.39, 0.29) is 25.7 Å². The van der Waals surface area contributed by atoms with Gasteiger partial charge in [0.25, 0.3) is 5.91 Å². The van der Waals surface area contributed by atoms with E-state index >= 15 is 0 Å². The van der Waals surface area contributed by atoms with E-state index in [0.29, 0.717) is 30.2 Å². The summed E-state index contributed by atoms with van der Waals surface area (Å²) in [5, 5.41) is 10.9. The van der Waals surface area contributed by atoms with Crippen LogP contribution in [0.1, 0.15) is 10.4 Å². The van der Waals surface area contributed by atoms with Crippen molar-refractivity contribution < 1.29 is 24.1 Å². The zero-order valence-corrected chi connectivity index (χ0v) is 14.8. The van der Waals surface area contributed by atoms with Crippen molar-refractivity contribution in [2.45, 2.75) is 5.60 Å². The van der Waals surface area contributed by atoms with Gasteiger partial charge in [-0.25, -0.2) is 0 Å². The third kappa shape index (κ3) is 4.53. The van der Waals surface area contributed by atoms with Crippen molar-refractivity contribution in [3.63, 3.8) is 0 Å². The summed E-state index contributed by atoms with van der Waals surface area (Å²) in [5.41, 5.74) is -0.729. The number of hydrogen-bond acceptors (Lipinski definition) is 5. The Morgan fingerprint density at radius 2 is 1.88 bits per heavy atom. The molecule has 1 saturated heterocycles. The maximum atomic E-state index is 12.8. The fourth-order valence-corrected chi connectivity index (χ4v) is 2.83. The maximum absolute atomic E-state index is 12.8. The molecule has 3 rings (SSSR count). The highest BCUT2D eigenvalue weighted by molar-refractivity contribution is 5.94. The Hall–Kier alpha value is -2.57. The van der Waals surface area contributed by atoms with Crippen molar-refractivity contribution in [2.75, 3.05) is 40.0 Å². The van der Waals surface area contributed by atoms with Crippen LogP contribution in [0.25, 0.3) is 0 Å². The average molecular weight is 357 g/mol. The number of nitrogens with zero attached hydrogens (tertiary/aromatic N) is 1. The summed E-state index contributed by atoms with van der Waals surface area (Å²) in [4.78, 5) is 14.4. The highest BCUT2D eigenvalue weighted by atomic mass is 16.5. The van der Waals surface area contributed by atoms with Crippen molar-refractivity contribution in [1.82, 2.24) is 4.90 Å². The zero-order chi connectivity index (χ0) is 18.4. The number of carbonyl (C=O) groups is 1. The van der Waals surface area contributed by atoms with Gasteiger partial charge >= 0.3 is 0 Å². The molecule has 1 fully saturated rings. The van der Waals surface area contributed by atoms with Crippen molar-refractivity contribution in [1.29, 1.82) is 0 Å². The number of para-hydroxylation sites is 1. The molecule has 0 aromatic heterocycles. The molecule has 1 aliphatic rings. The molecule has 1 unspecified atom stereocenters. The minimum Gasteiger partial charge on any atom is -0.497 e. The lowest BCUT2D eigenvalue weighted by molar-refractivity contribution is -0.0621. The molecule has 138 valence electrons. The lowest BCUT2D eigenvalue weighted by Gasteiger charge is -2.30. The number of aliphatic hydroxyl groups is 1. The first-order valence-electron chi connectivity index (χ1n) is 8.51. The number of ether oxygens (including phenoxy) is 3. The standard InChI is InChI=1S/C20H23NO5/c1-24-17-9-7-16(8-10-17)19(22)21-11-12-25-14-20(23,13-21)15-26-18-5-3-2-4-6-18/h2-10,23H,11-15H2,1H3. The Labute approximate surface area is 152 Å². The first kappa shape index (κ1) is 18.2. The van der Waals surface area contributed by atoms with Gasteiger partial charge in [0.1, 0.15) is 23.7 Å². The lowest BCUT2D eigenvalue weighted by atomic mass is 10.1. The predicted octanol–water partition coefficient (Wildman–Crippen LogP) is 1.98. The van der Waals surface area contributed by atoms with Crippen LogP contribution in [-0.4, -0.2) is 61.5 Å². The van der Waals surface area contributed by atoms with Gasteiger partial charge < -0.3 is 24.2 Å². The molecular formula is C20H23NO5. The number of benzene rings is 2. The fraction of sp³-hybridized carbons (Fsp3) is 0.350. The Balaban J connectivity index is 1.68. The summed E-state index contributed by atoms with van der Waals surface area (Å²) in [6.45, 7) is 1.09. The minimum atomic E-state index is -1.27. The quantitative estimate of drug-likeness (QED) is 0.886.